The second-order valence-corrected chi connectivity index (χ2v) is 6.14. The van der Waals surface area contributed by atoms with Crippen molar-refractivity contribution in [1.82, 2.24) is 9.80 Å². The van der Waals surface area contributed by atoms with Crippen LogP contribution in [0.2, 0.25) is 0 Å². The first-order valence-corrected chi connectivity index (χ1v) is 8.38. The molecule has 0 aromatic heterocycles. The molecular weight excluding hydrogens is 284 g/mol. The quantitative estimate of drug-likeness (QED) is 0.767. The number of benzene rings is 2. The zero-order chi connectivity index (χ0) is 15.9. The molecule has 1 fully saturated rings. The number of Topliss-reactive ketones (excluding diaryl/α,β-unsaturated/α-hetero) is 1. The van der Waals surface area contributed by atoms with Crippen molar-refractivity contribution in [2.24, 2.45) is 0 Å². The summed E-state index contributed by atoms with van der Waals surface area (Å²) in [5.74, 6) is 0.225. The van der Waals surface area contributed by atoms with E-state index in [1.165, 1.54) is 5.56 Å². The van der Waals surface area contributed by atoms with Gasteiger partial charge in [0.2, 0.25) is 0 Å². The summed E-state index contributed by atoms with van der Waals surface area (Å²) in [5.41, 5.74) is 2.22. The number of carbonyl (C=O) groups is 1. The summed E-state index contributed by atoms with van der Waals surface area (Å²) in [6, 6.07) is 20.2. The van der Waals surface area contributed by atoms with Crippen LogP contribution in [0.5, 0.6) is 0 Å². The standard InChI is InChI=1S/C20H24N2O/c23-20(19-9-5-2-6-10-19)17-22-15-13-21(14-16-22)12-11-18-7-3-1-4-8-18/h1-10H,11-17H2. The lowest BCUT2D eigenvalue weighted by Crippen LogP contribution is -2.48. The first-order chi connectivity index (χ1) is 11.3. The second-order valence-electron chi connectivity index (χ2n) is 6.14. The molecule has 23 heavy (non-hydrogen) atoms. The lowest BCUT2D eigenvalue weighted by Gasteiger charge is -2.34. The van der Waals surface area contributed by atoms with Gasteiger partial charge in [-0.3, -0.25) is 9.69 Å². The van der Waals surface area contributed by atoms with Gasteiger partial charge in [-0.1, -0.05) is 60.7 Å². The van der Waals surface area contributed by atoms with E-state index >= 15 is 0 Å². The van der Waals surface area contributed by atoms with E-state index in [4.69, 9.17) is 0 Å². The number of piperazine rings is 1. The molecule has 0 aliphatic carbocycles. The van der Waals surface area contributed by atoms with Crippen LogP contribution in [0.3, 0.4) is 0 Å². The fraction of sp³-hybridized carbons (Fsp3) is 0.350. The van der Waals surface area contributed by atoms with Crippen LogP contribution < -0.4 is 0 Å². The summed E-state index contributed by atoms with van der Waals surface area (Å²) in [5, 5.41) is 0. The van der Waals surface area contributed by atoms with Crippen LogP contribution >= 0.6 is 0 Å². The minimum atomic E-state index is 0.225. The van der Waals surface area contributed by atoms with Crippen LogP contribution in [0, 0.1) is 0 Å². The molecule has 1 aliphatic rings. The summed E-state index contributed by atoms with van der Waals surface area (Å²) in [6.45, 7) is 5.70. The van der Waals surface area contributed by atoms with Crippen LogP contribution in [0.15, 0.2) is 60.7 Å². The molecule has 1 aliphatic heterocycles. The molecule has 3 heteroatoms. The van der Waals surface area contributed by atoms with Gasteiger partial charge in [-0.2, -0.15) is 0 Å². The second kappa shape index (κ2) is 8.04. The number of nitrogens with zero attached hydrogens (tertiary/aromatic N) is 2. The molecule has 3 rings (SSSR count). The lowest BCUT2D eigenvalue weighted by atomic mass is 10.1. The van der Waals surface area contributed by atoms with Gasteiger partial charge in [-0.05, 0) is 12.0 Å². The largest absolute Gasteiger partial charge is 0.300 e. The summed E-state index contributed by atoms with van der Waals surface area (Å²) in [6.07, 6.45) is 1.10. The van der Waals surface area contributed by atoms with Crippen molar-refractivity contribution in [3.8, 4) is 0 Å². The Morgan fingerprint density at radius 3 is 2.00 bits per heavy atom. The number of hydrogen-bond donors (Lipinski definition) is 0. The van der Waals surface area contributed by atoms with E-state index in [1.807, 2.05) is 30.3 Å². The highest BCUT2D eigenvalue weighted by molar-refractivity contribution is 5.97. The van der Waals surface area contributed by atoms with E-state index < -0.39 is 0 Å². The Morgan fingerprint density at radius 1 is 0.783 bits per heavy atom. The maximum absolute atomic E-state index is 12.2. The Morgan fingerprint density at radius 2 is 1.35 bits per heavy atom. The zero-order valence-electron chi connectivity index (χ0n) is 13.5. The average Bonchev–Trinajstić information content (AvgIpc) is 2.63. The van der Waals surface area contributed by atoms with Crippen molar-refractivity contribution in [2.45, 2.75) is 6.42 Å². The van der Waals surface area contributed by atoms with Crippen molar-refractivity contribution in [2.75, 3.05) is 39.3 Å². The molecule has 2 aromatic carbocycles. The van der Waals surface area contributed by atoms with Crippen molar-refractivity contribution < 1.29 is 4.79 Å². The Hall–Kier alpha value is -1.97. The van der Waals surface area contributed by atoms with Gasteiger partial charge < -0.3 is 4.90 Å². The van der Waals surface area contributed by atoms with Gasteiger partial charge in [0.05, 0.1) is 6.54 Å². The normalized spacial score (nSPS) is 16.3. The summed E-state index contributed by atoms with van der Waals surface area (Å²) in [7, 11) is 0. The van der Waals surface area contributed by atoms with E-state index in [9.17, 15) is 4.79 Å². The third-order valence-corrected chi connectivity index (χ3v) is 4.49. The highest BCUT2D eigenvalue weighted by Crippen LogP contribution is 2.07. The van der Waals surface area contributed by atoms with Gasteiger partial charge in [0.25, 0.3) is 0 Å². The maximum Gasteiger partial charge on any atom is 0.176 e. The molecule has 1 saturated heterocycles. The van der Waals surface area contributed by atoms with Crippen LogP contribution in [-0.4, -0.2) is 54.9 Å². The molecule has 120 valence electrons. The third-order valence-electron chi connectivity index (χ3n) is 4.49. The first-order valence-electron chi connectivity index (χ1n) is 8.38. The van der Waals surface area contributed by atoms with Crippen LogP contribution in [0.1, 0.15) is 15.9 Å². The minimum absolute atomic E-state index is 0.225. The van der Waals surface area contributed by atoms with Crippen molar-refractivity contribution in [3.05, 3.63) is 71.8 Å². The SMILES string of the molecule is O=C(CN1CCN(CCc2ccccc2)CC1)c1ccccc1. The Labute approximate surface area is 138 Å². The molecule has 0 N–H and O–H groups in total. The molecule has 0 saturated carbocycles. The van der Waals surface area contributed by atoms with Crippen LogP contribution in [-0.2, 0) is 6.42 Å². The highest BCUT2D eigenvalue weighted by atomic mass is 16.1. The summed E-state index contributed by atoms with van der Waals surface area (Å²) >= 11 is 0. The summed E-state index contributed by atoms with van der Waals surface area (Å²) in [4.78, 5) is 17.0. The van der Waals surface area contributed by atoms with Gasteiger partial charge in [0, 0.05) is 38.3 Å². The number of ketones is 1. The molecule has 0 spiro atoms. The Bertz CT molecular complexity index is 604. The molecule has 1 heterocycles. The van der Waals surface area contributed by atoms with Gasteiger partial charge in [-0.25, -0.2) is 0 Å². The molecule has 3 nitrogen and oxygen atoms in total. The van der Waals surface area contributed by atoms with Crippen LogP contribution in [0.4, 0.5) is 0 Å². The predicted octanol–water partition coefficient (Wildman–Crippen LogP) is 2.73. The predicted molar refractivity (Wildman–Crippen MR) is 93.8 cm³/mol. The lowest BCUT2D eigenvalue weighted by molar-refractivity contribution is 0.0854. The number of carbonyl (C=O) groups excluding carboxylic acids is 1. The van der Waals surface area contributed by atoms with Gasteiger partial charge in [0.1, 0.15) is 0 Å². The highest BCUT2D eigenvalue weighted by Gasteiger charge is 2.19. The minimum Gasteiger partial charge on any atom is -0.300 e. The molecule has 0 amide bonds. The van der Waals surface area contributed by atoms with E-state index in [2.05, 4.69) is 40.1 Å². The number of hydrogen-bond acceptors (Lipinski definition) is 3. The van der Waals surface area contributed by atoms with Gasteiger partial charge in [-0.15, -0.1) is 0 Å². The van der Waals surface area contributed by atoms with E-state index in [1.54, 1.807) is 0 Å². The topological polar surface area (TPSA) is 23.6 Å². The average molecular weight is 308 g/mol. The third kappa shape index (κ3) is 4.75. The van der Waals surface area contributed by atoms with Crippen molar-refractivity contribution in [3.63, 3.8) is 0 Å². The molecular formula is C20H24N2O. The van der Waals surface area contributed by atoms with E-state index in [0.29, 0.717) is 6.54 Å². The van der Waals surface area contributed by atoms with E-state index in [-0.39, 0.29) is 5.78 Å². The first kappa shape index (κ1) is 15.9. The smallest absolute Gasteiger partial charge is 0.176 e. The molecule has 0 unspecified atom stereocenters. The van der Waals surface area contributed by atoms with Crippen molar-refractivity contribution in [1.29, 1.82) is 0 Å². The molecule has 0 bridgehead atoms. The van der Waals surface area contributed by atoms with Crippen LogP contribution in [0.25, 0.3) is 0 Å². The zero-order valence-corrected chi connectivity index (χ0v) is 13.5. The monoisotopic (exact) mass is 308 g/mol. The number of rotatable bonds is 6. The molecule has 0 radical (unpaired) electrons. The Balaban J connectivity index is 1.41. The van der Waals surface area contributed by atoms with E-state index in [0.717, 1.165) is 44.7 Å². The van der Waals surface area contributed by atoms with Gasteiger partial charge in [0.15, 0.2) is 5.78 Å². The molecule has 0 atom stereocenters. The Kier molecular flexibility index (Phi) is 5.56. The fourth-order valence-electron chi connectivity index (χ4n) is 3.02. The fourth-order valence-corrected chi connectivity index (χ4v) is 3.02. The molecule has 2 aromatic rings. The maximum atomic E-state index is 12.2. The van der Waals surface area contributed by atoms with Crippen molar-refractivity contribution >= 4 is 5.78 Å². The van der Waals surface area contributed by atoms with Gasteiger partial charge >= 0.3 is 0 Å². The summed E-state index contributed by atoms with van der Waals surface area (Å²) < 4.78 is 0.